The molecule has 0 aliphatic rings. The number of nitrogens with one attached hydrogen (secondary N) is 1. The van der Waals surface area contributed by atoms with Crippen LogP contribution in [0.1, 0.15) is 37.6 Å². The Morgan fingerprint density at radius 3 is 2.52 bits per heavy atom. The van der Waals surface area contributed by atoms with E-state index < -0.39 is 12.6 Å². The fourth-order valence-corrected chi connectivity index (χ4v) is 1.52. The second kappa shape index (κ2) is 6.97. The predicted octanol–water partition coefficient (Wildman–Crippen LogP) is 1.86. The molecule has 0 heterocycles. The number of aromatic hydroxyl groups is 1. The lowest BCUT2D eigenvalue weighted by Gasteiger charge is -2.24. The summed E-state index contributed by atoms with van der Waals surface area (Å²) in [5.41, 5.74) is -0.371. The van der Waals surface area contributed by atoms with Crippen molar-refractivity contribution in [3.8, 4) is 11.5 Å². The van der Waals surface area contributed by atoms with Crippen LogP contribution in [0.4, 0.5) is 0 Å². The lowest BCUT2D eigenvalue weighted by molar-refractivity contribution is -0.125. The third-order valence-electron chi connectivity index (χ3n) is 3.12. The molecule has 1 aromatic carbocycles. The molecular formula is C15H21NO5. The van der Waals surface area contributed by atoms with Crippen molar-refractivity contribution in [1.82, 2.24) is 5.32 Å². The van der Waals surface area contributed by atoms with E-state index in [0.29, 0.717) is 5.75 Å². The molecule has 0 aliphatic carbocycles. The van der Waals surface area contributed by atoms with E-state index >= 15 is 0 Å². The first-order chi connectivity index (χ1) is 9.79. The van der Waals surface area contributed by atoms with Crippen LogP contribution < -0.4 is 10.1 Å². The van der Waals surface area contributed by atoms with Crippen molar-refractivity contribution < 1.29 is 24.2 Å². The minimum Gasteiger partial charge on any atom is -0.507 e. The summed E-state index contributed by atoms with van der Waals surface area (Å²) in [6, 6.07) is 4.21. The molecule has 6 heteroatoms. The summed E-state index contributed by atoms with van der Waals surface area (Å²) in [6.07, 6.45) is 0.756. The molecule has 116 valence electrons. The zero-order valence-corrected chi connectivity index (χ0v) is 12.7. The second-order valence-corrected chi connectivity index (χ2v) is 5.24. The summed E-state index contributed by atoms with van der Waals surface area (Å²) < 4.78 is 9.80. The second-order valence-electron chi connectivity index (χ2n) is 5.24. The van der Waals surface area contributed by atoms with Gasteiger partial charge in [0.2, 0.25) is 0 Å². The van der Waals surface area contributed by atoms with Gasteiger partial charge in [-0.25, -0.2) is 4.79 Å². The van der Waals surface area contributed by atoms with Crippen LogP contribution in [0.25, 0.3) is 0 Å². The molecule has 0 saturated heterocycles. The van der Waals surface area contributed by atoms with Gasteiger partial charge in [0, 0.05) is 11.6 Å². The number of amides is 1. The first-order valence-electron chi connectivity index (χ1n) is 6.64. The van der Waals surface area contributed by atoms with E-state index in [2.05, 4.69) is 5.32 Å². The van der Waals surface area contributed by atoms with Crippen LogP contribution in [0, 0.1) is 0 Å². The van der Waals surface area contributed by atoms with Crippen LogP contribution in [0.15, 0.2) is 18.2 Å². The molecule has 0 bridgehead atoms. The highest BCUT2D eigenvalue weighted by molar-refractivity contribution is 5.94. The SMILES string of the molecule is CCC(C)(C)NC(=O)COC(=O)c1ccc(OC)cc1O. The quantitative estimate of drug-likeness (QED) is 0.782. The molecule has 0 spiro atoms. The monoisotopic (exact) mass is 295 g/mol. The van der Waals surface area contributed by atoms with Gasteiger partial charge in [-0.2, -0.15) is 0 Å². The van der Waals surface area contributed by atoms with Gasteiger partial charge in [0.25, 0.3) is 5.91 Å². The molecule has 21 heavy (non-hydrogen) atoms. The van der Waals surface area contributed by atoms with Gasteiger partial charge < -0.3 is 19.9 Å². The number of hydrogen-bond donors (Lipinski definition) is 2. The topological polar surface area (TPSA) is 84.9 Å². The van der Waals surface area contributed by atoms with Gasteiger partial charge in [-0.05, 0) is 32.4 Å². The molecule has 0 aliphatic heterocycles. The molecule has 1 aromatic rings. The molecule has 0 atom stereocenters. The number of esters is 1. The van der Waals surface area contributed by atoms with Gasteiger partial charge in [-0.15, -0.1) is 0 Å². The van der Waals surface area contributed by atoms with Crippen molar-refractivity contribution in [1.29, 1.82) is 0 Å². The van der Waals surface area contributed by atoms with Crippen molar-refractivity contribution in [3.05, 3.63) is 23.8 Å². The molecule has 2 N–H and O–H groups in total. The summed E-state index contributed by atoms with van der Waals surface area (Å²) in [4.78, 5) is 23.5. The number of phenolic OH excluding ortho intramolecular Hbond substituents is 1. The number of ether oxygens (including phenoxy) is 2. The number of carbonyl (C=O) groups excluding carboxylic acids is 2. The van der Waals surface area contributed by atoms with Crippen molar-refractivity contribution >= 4 is 11.9 Å². The standard InChI is InChI=1S/C15H21NO5/c1-5-15(2,3)16-13(18)9-21-14(19)11-7-6-10(20-4)8-12(11)17/h6-8,17H,5,9H2,1-4H3,(H,16,18). The van der Waals surface area contributed by atoms with Crippen molar-refractivity contribution in [3.63, 3.8) is 0 Å². The maximum Gasteiger partial charge on any atom is 0.342 e. The Morgan fingerprint density at radius 1 is 1.33 bits per heavy atom. The average Bonchev–Trinajstić information content (AvgIpc) is 2.44. The number of carbonyl (C=O) groups is 2. The molecule has 1 amide bonds. The van der Waals surface area contributed by atoms with Crippen LogP contribution >= 0.6 is 0 Å². The molecule has 1 rings (SSSR count). The summed E-state index contributed by atoms with van der Waals surface area (Å²) in [5, 5.41) is 12.4. The van der Waals surface area contributed by atoms with Crippen LogP contribution in [-0.2, 0) is 9.53 Å². The lowest BCUT2D eigenvalue weighted by atomic mass is 10.0. The molecule has 0 radical (unpaired) electrons. The fourth-order valence-electron chi connectivity index (χ4n) is 1.52. The van der Waals surface area contributed by atoms with E-state index in [-0.39, 0.29) is 22.8 Å². The van der Waals surface area contributed by atoms with Crippen LogP contribution in [0.3, 0.4) is 0 Å². The van der Waals surface area contributed by atoms with Gasteiger partial charge in [0.15, 0.2) is 6.61 Å². The number of hydrogen-bond acceptors (Lipinski definition) is 5. The highest BCUT2D eigenvalue weighted by atomic mass is 16.5. The zero-order valence-electron chi connectivity index (χ0n) is 12.7. The Balaban J connectivity index is 2.60. The van der Waals surface area contributed by atoms with E-state index in [1.165, 1.54) is 25.3 Å². The smallest absolute Gasteiger partial charge is 0.342 e. The van der Waals surface area contributed by atoms with Gasteiger partial charge in [-0.3, -0.25) is 4.79 Å². The molecular weight excluding hydrogens is 274 g/mol. The molecule has 0 aromatic heterocycles. The Hall–Kier alpha value is -2.24. The van der Waals surface area contributed by atoms with E-state index in [4.69, 9.17) is 9.47 Å². The Morgan fingerprint density at radius 2 is 2.00 bits per heavy atom. The molecule has 6 nitrogen and oxygen atoms in total. The first-order valence-corrected chi connectivity index (χ1v) is 6.64. The van der Waals surface area contributed by atoms with Crippen LogP contribution in [0.2, 0.25) is 0 Å². The fraction of sp³-hybridized carbons (Fsp3) is 0.467. The highest BCUT2D eigenvalue weighted by Gasteiger charge is 2.20. The Labute approximate surface area is 124 Å². The zero-order chi connectivity index (χ0) is 16.0. The van der Waals surface area contributed by atoms with E-state index in [1.54, 1.807) is 0 Å². The number of rotatable bonds is 6. The Kier molecular flexibility index (Phi) is 5.58. The van der Waals surface area contributed by atoms with Gasteiger partial charge >= 0.3 is 5.97 Å². The van der Waals surface area contributed by atoms with E-state index in [0.717, 1.165) is 6.42 Å². The molecule has 0 unspecified atom stereocenters. The van der Waals surface area contributed by atoms with Gasteiger partial charge in [-0.1, -0.05) is 6.92 Å². The largest absolute Gasteiger partial charge is 0.507 e. The first kappa shape index (κ1) is 16.8. The summed E-state index contributed by atoms with van der Waals surface area (Å²) in [7, 11) is 1.45. The minimum atomic E-state index is -0.764. The van der Waals surface area contributed by atoms with Crippen LogP contribution in [-0.4, -0.2) is 36.2 Å². The van der Waals surface area contributed by atoms with Crippen molar-refractivity contribution in [2.75, 3.05) is 13.7 Å². The lowest BCUT2D eigenvalue weighted by Crippen LogP contribution is -2.44. The third kappa shape index (κ3) is 4.98. The summed E-state index contributed by atoms with van der Waals surface area (Å²) >= 11 is 0. The normalized spacial score (nSPS) is 10.9. The Bertz CT molecular complexity index is 525. The summed E-state index contributed by atoms with van der Waals surface area (Å²) in [6.45, 7) is 5.31. The number of benzene rings is 1. The van der Waals surface area contributed by atoms with Crippen molar-refractivity contribution in [2.24, 2.45) is 0 Å². The summed E-state index contributed by atoms with van der Waals surface area (Å²) in [5.74, 6) is -0.983. The van der Waals surface area contributed by atoms with Crippen LogP contribution in [0.5, 0.6) is 11.5 Å². The minimum absolute atomic E-state index is 0.0154. The number of methoxy groups -OCH3 is 1. The molecule has 0 fully saturated rings. The van der Waals surface area contributed by atoms with Crippen molar-refractivity contribution in [2.45, 2.75) is 32.7 Å². The van der Waals surface area contributed by atoms with Gasteiger partial charge in [0.05, 0.1) is 7.11 Å². The van der Waals surface area contributed by atoms with E-state index in [1.807, 2.05) is 20.8 Å². The average molecular weight is 295 g/mol. The third-order valence-corrected chi connectivity index (χ3v) is 3.12. The maximum absolute atomic E-state index is 11.8. The highest BCUT2D eigenvalue weighted by Crippen LogP contribution is 2.23. The van der Waals surface area contributed by atoms with Gasteiger partial charge in [0.1, 0.15) is 17.1 Å². The maximum atomic E-state index is 11.8. The van der Waals surface area contributed by atoms with E-state index in [9.17, 15) is 14.7 Å². The molecule has 0 saturated carbocycles. The number of phenols is 1. The predicted molar refractivity (Wildman–Crippen MR) is 77.5 cm³/mol.